The van der Waals surface area contributed by atoms with E-state index < -0.39 is 0 Å². The lowest BCUT2D eigenvalue weighted by atomic mass is 10.2. The first-order chi connectivity index (χ1) is 8.33. The predicted octanol–water partition coefficient (Wildman–Crippen LogP) is -0.429. The Morgan fingerprint density at radius 1 is 1.35 bits per heavy atom. The van der Waals surface area contributed by atoms with Gasteiger partial charge >= 0.3 is 5.97 Å². The number of nitrogens with one attached hydrogen (secondary N) is 1. The van der Waals surface area contributed by atoms with Gasteiger partial charge in [-0.25, -0.2) is 0 Å². The number of esters is 1. The van der Waals surface area contributed by atoms with E-state index in [1.54, 1.807) is 7.11 Å². The monoisotopic (exact) mass is 247 g/mol. The van der Waals surface area contributed by atoms with Crippen molar-refractivity contribution >= 4 is 5.97 Å². The fourth-order valence-corrected chi connectivity index (χ4v) is 1.47. The van der Waals surface area contributed by atoms with Crippen molar-refractivity contribution < 1.29 is 23.7 Å². The van der Waals surface area contributed by atoms with Gasteiger partial charge in [-0.3, -0.25) is 4.79 Å². The van der Waals surface area contributed by atoms with E-state index in [1.807, 2.05) is 0 Å². The van der Waals surface area contributed by atoms with Crippen molar-refractivity contribution in [2.75, 3.05) is 53.3 Å². The molecule has 1 rings (SSSR count). The molecule has 1 aliphatic heterocycles. The molecule has 0 aromatic carbocycles. The average molecular weight is 247 g/mol. The molecule has 1 aliphatic rings. The zero-order valence-electron chi connectivity index (χ0n) is 10.3. The molecule has 0 aromatic rings. The van der Waals surface area contributed by atoms with Gasteiger partial charge in [0.25, 0.3) is 0 Å². The molecule has 17 heavy (non-hydrogen) atoms. The number of carbonyl (C=O) groups excluding carboxylic acids is 1. The molecule has 6 nitrogen and oxygen atoms in total. The third kappa shape index (κ3) is 7.27. The van der Waals surface area contributed by atoms with Crippen LogP contribution in [0.25, 0.3) is 0 Å². The molecule has 0 saturated carbocycles. The van der Waals surface area contributed by atoms with Gasteiger partial charge in [0.2, 0.25) is 0 Å². The third-order valence-electron chi connectivity index (χ3n) is 2.33. The normalized spacial score (nSPS) is 20.2. The average Bonchev–Trinajstić information content (AvgIpc) is 2.35. The summed E-state index contributed by atoms with van der Waals surface area (Å²) in [6.07, 6.45) is 0.345. The number of carbonyl (C=O) groups is 1. The molecular formula is C11H21NO5. The Hall–Kier alpha value is -0.690. The summed E-state index contributed by atoms with van der Waals surface area (Å²) in [6, 6.07) is 0.0747. The Balaban J connectivity index is 1.93. The van der Waals surface area contributed by atoms with E-state index in [9.17, 15) is 4.79 Å². The van der Waals surface area contributed by atoms with E-state index in [2.05, 4.69) is 5.32 Å². The molecular weight excluding hydrogens is 226 g/mol. The number of ether oxygens (including phenoxy) is 4. The first-order valence-corrected chi connectivity index (χ1v) is 5.86. The second kappa shape index (κ2) is 9.35. The third-order valence-corrected chi connectivity index (χ3v) is 2.33. The van der Waals surface area contributed by atoms with Gasteiger partial charge in [-0.2, -0.15) is 0 Å². The highest BCUT2D eigenvalue weighted by atomic mass is 16.6. The molecule has 0 radical (unpaired) electrons. The van der Waals surface area contributed by atoms with Crippen LogP contribution < -0.4 is 5.32 Å². The van der Waals surface area contributed by atoms with Gasteiger partial charge in [-0.15, -0.1) is 0 Å². The zero-order valence-corrected chi connectivity index (χ0v) is 10.3. The molecule has 0 spiro atoms. The highest BCUT2D eigenvalue weighted by molar-refractivity contribution is 5.70. The van der Waals surface area contributed by atoms with Crippen molar-refractivity contribution in [3.05, 3.63) is 0 Å². The van der Waals surface area contributed by atoms with Crippen LogP contribution >= 0.6 is 0 Å². The van der Waals surface area contributed by atoms with Gasteiger partial charge in [-0.05, 0) is 0 Å². The maximum Gasteiger partial charge on any atom is 0.307 e. The van der Waals surface area contributed by atoms with Crippen molar-refractivity contribution in [3.8, 4) is 0 Å². The fraction of sp³-hybridized carbons (Fsp3) is 0.909. The van der Waals surface area contributed by atoms with E-state index >= 15 is 0 Å². The van der Waals surface area contributed by atoms with Crippen LogP contribution in [0.4, 0.5) is 0 Å². The fourth-order valence-electron chi connectivity index (χ4n) is 1.47. The van der Waals surface area contributed by atoms with Crippen molar-refractivity contribution in [2.45, 2.75) is 12.5 Å². The summed E-state index contributed by atoms with van der Waals surface area (Å²) in [5.74, 6) is -0.219. The first kappa shape index (κ1) is 14.4. The number of hydrogen-bond acceptors (Lipinski definition) is 6. The Labute approximate surface area is 102 Å². The van der Waals surface area contributed by atoms with Crippen LogP contribution in [0.2, 0.25) is 0 Å². The van der Waals surface area contributed by atoms with Crippen LogP contribution in [-0.4, -0.2) is 65.3 Å². The maximum absolute atomic E-state index is 11.4. The van der Waals surface area contributed by atoms with Gasteiger partial charge in [0.15, 0.2) is 0 Å². The highest BCUT2D eigenvalue weighted by Gasteiger charge is 2.17. The molecule has 100 valence electrons. The molecule has 0 amide bonds. The SMILES string of the molecule is COCCOCCOC(=O)CC1COCCN1. The number of methoxy groups -OCH3 is 1. The Morgan fingerprint density at radius 2 is 2.18 bits per heavy atom. The minimum atomic E-state index is -0.219. The Kier molecular flexibility index (Phi) is 7.91. The van der Waals surface area contributed by atoms with Gasteiger partial charge in [0, 0.05) is 19.7 Å². The lowest BCUT2D eigenvalue weighted by molar-refractivity contribution is -0.146. The van der Waals surface area contributed by atoms with Crippen molar-refractivity contribution in [1.82, 2.24) is 5.32 Å². The quantitative estimate of drug-likeness (QED) is 0.464. The Morgan fingerprint density at radius 3 is 2.88 bits per heavy atom. The molecule has 1 atom stereocenters. The van der Waals surface area contributed by atoms with E-state index in [0.717, 1.165) is 6.54 Å². The lowest BCUT2D eigenvalue weighted by Crippen LogP contribution is -2.42. The largest absolute Gasteiger partial charge is 0.463 e. The van der Waals surface area contributed by atoms with Crippen LogP contribution in [0.3, 0.4) is 0 Å². The first-order valence-electron chi connectivity index (χ1n) is 5.86. The number of morpholine rings is 1. The topological polar surface area (TPSA) is 66.0 Å². The van der Waals surface area contributed by atoms with Gasteiger partial charge in [0.05, 0.1) is 39.5 Å². The molecule has 6 heteroatoms. The second-order valence-corrected chi connectivity index (χ2v) is 3.76. The summed E-state index contributed by atoms with van der Waals surface area (Å²) in [7, 11) is 1.61. The number of rotatable bonds is 8. The molecule has 1 unspecified atom stereocenters. The van der Waals surface area contributed by atoms with Crippen molar-refractivity contribution in [1.29, 1.82) is 0 Å². The molecule has 1 N–H and O–H groups in total. The standard InChI is InChI=1S/C11H21NO5/c1-14-4-5-15-6-7-17-11(13)8-10-9-16-3-2-12-10/h10,12H,2-9H2,1H3. The van der Waals surface area contributed by atoms with E-state index in [4.69, 9.17) is 18.9 Å². The molecule has 1 fully saturated rings. The summed E-state index contributed by atoms with van der Waals surface area (Å²) in [5, 5.41) is 3.19. The summed E-state index contributed by atoms with van der Waals surface area (Å²) in [6.45, 7) is 3.83. The molecule has 0 aliphatic carbocycles. The smallest absolute Gasteiger partial charge is 0.307 e. The highest BCUT2D eigenvalue weighted by Crippen LogP contribution is 2.00. The second-order valence-electron chi connectivity index (χ2n) is 3.76. The molecule has 1 saturated heterocycles. The maximum atomic E-state index is 11.4. The van der Waals surface area contributed by atoms with Crippen LogP contribution in [0.1, 0.15) is 6.42 Å². The lowest BCUT2D eigenvalue weighted by Gasteiger charge is -2.22. The summed E-state index contributed by atoms with van der Waals surface area (Å²) in [5.41, 5.74) is 0. The molecule has 0 bridgehead atoms. The van der Waals surface area contributed by atoms with Crippen LogP contribution in [0.15, 0.2) is 0 Å². The Bertz CT molecular complexity index is 206. The van der Waals surface area contributed by atoms with Crippen LogP contribution in [0, 0.1) is 0 Å². The van der Waals surface area contributed by atoms with Crippen LogP contribution in [-0.2, 0) is 23.7 Å². The molecule has 0 aromatic heterocycles. The van der Waals surface area contributed by atoms with Crippen LogP contribution in [0.5, 0.6) is 0 Å². The number of hydrogen-bond donors (Lipinski definition) is 1. The predicted molar refractivity (Wildman–Crippen MR) is 60.9 cm³/mol. The minimum Gasteiger partial charge on any atom is -0.463 e. The van der Waals surface area contributed by atoms with Gasteiger partial charge < -0.3 is 24.3 Å². The minimum absolute atomic E-state index is 0.0747. The molecule has 1 heterocycles. The summed E-state index contributed by atoms with van der Waals surface area (Å²) >= 11 is 0. The summed E-state index contributed by atoms with van der Waals surface area (Å²) in [4.78, 5) is 11.4. The zero-order chi connectivity index (χ0) is 12.3. The van der Waals surface area contributed by atoms with Gasteiger partial charge in [-0.1, -0.05) is 0 Å². The van der Waals surface area contributed by atoms with E-state index in [0.29, 0.717) is 39.5 Å². The summed E-state index contributed by atoms with van der Waals surface area (Å²) < 4.78 is 20.3. The van der Waals surface area contributed by atoms with E-state index in [1.165, 1.54) is 0 Å². The van der Waals surface area contributed by atoms with E-state index in [-0.39, 0.29) is 18.6 Å². The van der Waals surface area contributed by atoms with Crippen molar-refractivity contribution in [3.63, 3.8) is 0 Å². The van der Waals surface area contributed by atoms with Gasteiger partial charge in [0.1, 0.15) is 6.61 Å². The van der Waals surface area contributed by atoms with Crippen molar-refractivity contribution in [2.24, 2.45) is 0 Å².